The summed E-state index contributed by atoms with van der Waals surface area (Å²) in [6.07, 6.45) is 4.67. The third-order valence-corrected chi connectivity index (χ3v) is 5.86. The van der Waals surface area contributed by atoms with Crippen LogP contribution in [-0.2, 0) is 32.0 Å². The molecule has 0 aliphatic carbocycles. The average molecular weight is 443 g/mol. The highest BCUT2D eigenvalue weighted by atomic mass is 16.5. The van der Waals surface area contributed by atoms with Gasteiger partial charge in [-0.15, -0.1) is 0 Å². The van der Waals surface area contributed by atoms with Crippen LogP contribution in [0.2, 0.25) is 0 Å². The summed E-state index contributed by atoms with van der Waals surface area (Å²) in [6.45, 7) is 2.48. The molecule has 3 N–H and O–H groups in total. The molecule has 172 valence electrons. The number of imidazole rings is 1. The van der Waals surface area contributed by atoms with Crippen LogP contribution in [0.15, 0.2) is 42.9 Å². The van der Waals surface area contributed by atoms with Gasteiger partial charge in [-0.25, -0.2) is 4.98 Å². The summed E-state index contributed by atoms with van der Waals surface area (Å²) in [5, 5.41) is 11.3. The number of aliphatic carboxylic acids is 1. The number of nitrogens with one attached hydrogen (secondary N) is 2. The van der Waals surface area contributed by atoms with E-state index in [1.807, 2.05) is 35.2 Å². The summed E-state index contributed by atoms with van der Waals surface area (Å²) in [6, 6.07) is 9.29. The number of aromatic amines is 1. The van der Waals surface area contributed by atoms with Crippen LogP contribution in [0.4, 0.5) is 0 Å². The first-order valence-corrected chi connectivity index (χ1v) is 10.9. The molecule has 0 spiro atoms. The highest BCUT2D eigenvalue weighted by molar-refractivity contribution is 5.84. The lowest BCUT2D eigenvalue weighted by molar-refractivity contribution is -0.142. The van der Waals surface area contributed by atoms with Gasteiger partial charge in [0.25, 0.3) is 0 Å². The second-order valence-corrected chi connectivity index (χ2v) is 7.99. The van der Waals surface area contributed by atoms with Gasteiger partial charge in [-0.05, 0) is 17.9 Å². The summed E-state index contributed by atoms with van der Waals surface area (Å²) in [5.41, 5.74) is 1.67. The molecule has 1 aliphatic rings. The van der Waals surface area contributed by atoms with Gasteiger partial charge >= 0.3 is 5.97 Å². The number of hydrogen-bond donors (Lipinski definition) is 3. The fraction of sp³-hybridized carbons (Fsp3) is 0.478. The zero-order valence-corrected chi connectivity index (χ0v) is 18.2. The molecule has 0 bridgehead atoms. The van der Waals surface area contributed by atoms with Crippen LogP contribution in [-0.4, -0.2) is 69.6 Å². The number of amides is 2. The second-order valence-electron chi connectivity index (χ2n) is 7.99. The van der Waals surface area contributed by atoms with Crippen molar-refractivity contribution in [1.29, 1.82) is 0 Å². The Morgan fingerprint density at radius 2 is 2.09 bits per heavy atom. The molecule has 2 unspecified atom stereocenters. The van der Waals surface area contributed by atoms with E-state index in [4.69, 9.17) is 9.84 Å². The highest BCUT2D eigenvalue weighted by Gasteiger charge is 2.37. The van der Waals surface area contributed by atoms with Crippen molar-refractivity contribution in [1.82, 2.24) is 20.2 Å². The van der Waals surface area contributed by atoms with Crippen molar-refractivity contribution in [2.75, 3.05) is 19.7 Å². The van der Waals surface area contributed by atoms with Crippen LogP contribution in [0.5, 0.6) is 0 Å². The Morgan fingerprint density at radius 1 is 1.31 bits per heavy atom. The van der Waals surface area contributed by atoms with E-state index in [2.05, 4.69) is 22.2 Å². The van der Waals surface area contributed by atoms with Gasteiger partial charge in [-0.3, -0.25) is 14.4 Å². The van der Waals surface area contributed by atoms with Crippen molar-refractivity contribution < 1.29 is 24.2 Å². The second kappa shape index (κ2) is 11.4. The lowest BCUT2D eigenvalue weighted by atomic mass is 9.98. The molecule has 1 saturated heterocycles. The Balaban J connectivity index is 1.68. The molecular weight excluding hydrogens is 412 g/mol. The van der Waals surface area contributed by atoms with E-state index in [0.29, 0.717) is 13.0 Å². The zero-order chi connectivity index (χ0) is 22.9. The normalized spacial score (nSPS) is 19.0. The Morgan fingerprint density at radius 3 is 2.75 bits per heavy atom. The van der Waals surface area contributed by atoms with Crippen molar-refractivity contribution in [2.24, 2.45) is 5.92 Å². The predicted molar refractivity (Wildman–Crippen MR) is 117 cm³/mol. The van der Waals surface area contributed by atoms with Crippen LogP contribution in [0.25, 0.3) is 0 Å². The molecule has 0 saturated carbocycles. The molecule has 2 aromatic rings. The molecule has 32 heavy (non-hydrogen) atoms. The first-order valence-electron chi connectivity index (χ1n) is 10.9. The molecule has 1 aliphatic heterocycles. The van der Waals surface area contributed by atoms with Crippen LogP contribution in [0.1, 0.15) is 31.0 Å². The number of hydrogen-bond acceptors (Lipinski definition) is 5. The standard InChI is InChI=1S/C23H30N4O5/c1-2-17-8-9-27(21(28)11-18-12-24-15-26-18)19(17)14-32-20(23(31)25-13-22(29)30)10-16-6-4-3-5-7-16/h3-7,12,15,17,19-20H,2,8-11,13-14H2,1H3,(H,24,26)(H,25,31)(H,29,30)/t17?,19?,20-/m0/s1. The number of carboxylic acid groups (broad SMARTS) is 1. The molecule has 3 atom stereocenters. The van der Waals surface area contributed by atoms with Crippen molar-refractivity contribution in [3.63, 3.8) is 0 Å². The summed E-state index contributed by atoms with van der Waals surface area (Å²) < 4.78 is 6.05. The number of likely N-dealkylation sites (tertiary alicyclic amines) is 1. The van der Waals surface area contributed by atoms with Crippen LogP contribution in [0.3, 0.4) is 0 Å². The number of rotatable bonds is 11. The summed E-state index contributed by atoms with van der Waals surface area (Å²) >= 11 is 0. The lowest BCUT2D eigenvalue weighted by Crippen LogP contribution is -2.45. The Hall–Kier alpha value is -3.20. The molecule has 1 aromatic heterocycles. The summed E-state index contributed by atoms with van der Waals surface area (Å²) in [7, 11) is 0. The molecule has 2 amide bonds. The Kier molecular flexibility index (Phi) is 8.38. The number of carbonyl (C=O) groups is 3. The van der Waals surface area contributed by atoms with Gasteiger partial charge in [0, 0.05) is 24.9 Å². The summed E-state index contributed by atoms with van der Waals surface area (Å²) in [5.74, 6) is -1.32. The van der Waals surface area contributed by atoms with Crippen molar-refractivity contribution >= 4 is 17.8 Å². The highest BCUT2D eigenvalue weighted by Crippen LogP contribution is 2.28. The number of benzene rings is 1. The Bertz CT molecular complexity index is 887. The fourth-order valence-electron chi connectivity index (χ4n) is 4.12. The van der Waals surface area contributed by atoms with Gasteiger partial charge in [0.15, 0.2) is 0 Å². The van der Waals surface area contributed by atoms with Crippen LogP contribution >= 0.6 is 0 Å². The van der Waals surface area contributed by atoms with Crippen LogP contribution < -0.4 is 5.32 Å². The predicted octanol–water partition coefficient (Wildman–Crippen LogP) is 1.41. The Labute approximate surface area is 187 Å². The maximum atomic E-state index is 12.9. The van der Waals surface area contributed by atoms with E-state index in [0.717, 1.165) is 24.1 Å². The topological polar surface area (TPSA) is 125 Å². The van der Waals surface area contributed by atoms with Crippen molar-refractivity contribution in [3.05, 3.63) is 54.1 Å². The van der Waals surface area contributed by atoms with Gasteiger partial charge in [-0.1, -0.05) is 43.7 Å². The van der Waals surface area contributed by atoms with Gasteiger partial charge in [0.1, 0.15) is 12.6 Å². The van der Waals surface area contributed by atoms with Crippen LogP contribution in [0, 0.1) is 5.92 Å². The summed E-state index contributed by atoms with van der Waals surface area (Å²) in [4.78, 5) is 45.2. The number of carbonyl (C=O) groups excluding carboxylic acids is 2. The van der Waals surface area contributed by atoms with Gasteiger partial charge in [0.05, 0.1) is 25.4 Å². The van der Waals surface area contributed by atoms with E-state index in [1.165, 1.54) is 0 Å². The zero-order valence-electron chi connectivity index (χ0n) is 18.2. The average Bonchev–Trinajstić information content (AvgIpc) is 3.45. The van der Waals surface area contributed by atoms with Crippen molar-refractivity contribution in [3.8, 4) is 0 Å². The number of nitrogens with zero attached hydrogens (tertiary/aromatic N) is 2. The minimum Gasteiger partial charge on any atom is -0.480 e. The first-order chi connectivity index (χ1) is 15.5. The molecular formula is C23H30N4O5. The van der Waals surface area contributed by atoms with Gasteiger partial charge in [-0.2, -0.15) is 0 Å². The number of aromatic nitrogens is 2. The monoisotopic (exact) mass is 442 g/mol. The molecule has 9 heteroatoms. The molecule has 9 nitrogen and oxygen atoms in total. The lowest BCUT2D eigenvalue weighted by Gasteiger charge is -2.29. The first kappa shape index (κ1) is 23.5. The van der Waals surface area contributed by atoms with Gasteiger partial charge < -0.3 is 25.0 Å². The fourth-order valence-corrected chi connectivity index (χ4v) is 4.12. The molecule has 1 aromatic carbocycles. The number of carboxylic acids is 1. The SMILES string of the molecule is CCC1CCN(C(=O)Cc2cnc[nH]2)C1CO[C@@H](Cc1ccccc1)C(=O)NCC(=O)O. The van der Waals surface area contributed by atoms with E-state index >= 15 is 0 Å². The smallest absolute Gasteiger partial charge is 0.322 e. The van der Waals surface area contributed by atoms with E-state index < -0.39 is 24.5 Å². The minimum atomic E-state index is -1.12. The number of H-pyrrole nitrogens is 1. The maximum Gasteiger partial charge on any atom is 0.322 e. The van der Waals surface area contributed by atoms with E-state index in [-0.39, 0.29) is 30.9 Å². The quantitative estimate of drug-likeness (QED) is 0.483. The molecule has 1 fully saturated rings. The van der Waals surface area contributed by atoms with E-state index in [9.17, 15) is 14.4 Å². The third kappa shape index (κ3) is 6.40. The number of ether oxygens (including phenoxy) is 1. The molecule has 3 rings (SSSR count). The molecule has 0 radical (unpaired) electrons. The molecule has 2 heterocycles. The minimum absolute atomic E-state index is 0.00580. The van der Waals surface area contributed by atoms with E-state index in [1.54, 1.807) is 12.5 Å². The van der Waals surface area contributed by atoms with Crippen molar-refractivity contribution in [2.45, 2.75) is 44.8 Å². The third-order valence-electron chi connectivity index (χ3n) is 5.86. The maximum absolute atomic E-state index is 12.9. The van der Waals surface area contributed by atoms with Gasteiger partial charge in [0.2, 0.25) is 11.8 Å². The largest absolute Gasteiger partial charge is 0.480 e.